The van der Waals surface area contributed by atoms with Gasteiger partial charge < -0.3 is 0 Å². The van der Waals surface area contributed by atoms with Crippen molar-refractivity contribution in [3.63, 3.8) is 0 Å². The first kappa shape index (κ1) is 12.7. The van der Waals surface area contributed by atoms with Crippen LogP contribution >= 0.6 is 63.7 Å². The number of carbonyl (C=O) groups is 1. The number of hydrogen-bond acceptors (Lipinski definition) is 2. The average Bonchev–Trinajstić information content (AvgIpc) is 2.56. The number of benzene rings is 1. The van der Waals surface area contributed by atoms with Gasteiger partial charge in [0.15, 0.2) is 2.14 Å². The lowest BCUT2D eigenvalue weighted by Gasteiger charge is -2.08. The largest absolute Gasteiger partial charge is 0.314 e. The fraction of sp³-hybridized carbons (Fsp3) is 0.111. The van der Waals surface area contributed by atoms with Crippen molar-refractivity contribution < 1.29 is 4.79 Å². The third kappa shape index (κ3) is 2.27. The highest BCUT2D eigenvalue weighted by Gasteiger charge is 2.28. The van der Waals surface area contributed by atoms with E-state index < -0.39 is 2.14 Å². The van der Waals surface area contributed by atoms with Gasteiger partial charge in [0.2, 0.25) is 0 Å². The van der Waals surface area contributed by atoms with E-state index in [1.165, 1.54) is 4.68 Å². The number of aromatic nitrogens is 2. The lowest BCUT2D eigenvalue weighted by molar-refractivity contribution is 0.261. The van der Waals surface area contributed by atoms with E-state index in [9.17, 15) is 4.79 Å². The molecule has 0 bridgehead atoms. The highest BCUT2D eigenvalue weighted by atomic mass is 80.0. The van der Waals surface area contributed by atoms with E-state index in [1.807, 2.05) is 24.3 Å². The van der Waals surface area contributed by atoms with Crippen LogP contribution < -0.4 is 0 Å². The second-order valence-electron chi connectivity index (χ2n) is 3.03. The number of fused-ring (bicyclic) bond motifs is 1. The van der Waals surface area contributed by atoms with Crippen LogP contribution in [-0.4, -0.2) is 14.6 Å². The molecule has 84 valence electrons. The number of halogens is 4. The number of carbonyl (C=O) groups excluding carboxylic acids is 1. The van der Waals surface area contributed by atoms with Gasteiger partial charge in [-0.2, -0.15) is 9.78 Å². The lowest BCUT2D eigenvalue weighted by Crippen LogP contribution is -2.06. The van der Waals surface area contributed by atoms with Gasteiger partial charge in [-0.05, 0) is 6.07 Å². The highest BCUT2D eigenvalue weighted by Crippen LogP contribution is 2.46. The minimum absolute atomic E-state index is 0.299. The Morgan fingerprint density at radius 2 is 1.88 bits per heavy atom. The molecule has 1 heterocycles. The van der Waals surface area contributed by atoms with Crippen molar-refractivity contribution in [1.29, 1.82) is 0 Å². The average molecular weight is 476 g/mol. The summed E-state index contributed by atoms with van der Waals surface area (Å²) >= 11 is 13.1. The molecule has 0 fully saturated rings. The maximum Gasteiger partial charge on any atom is 0.314 e. The van der Waals surface area contributed by atoms with Crippen LogP contribution in [0.3, 0.4) is 0 Å². The van der Waals surface area contributed by atoms with Crippen LogP contribution in [-0.2, 0) is 2.14 Å². The number of nitrogens with zero attached hydrogens (tertiary/aromatic N) is 2. The number of hydrogen-bond donors (Lipinski definition) is 0. The minimum atomic E-state index is -0.639. The van der Waals surface area contributed by atoms with Crippen molar-refractivity contribution in [2.45, 2.75) is 2.14 Å². The molecule has 0 saturated heterocycles. The molecule has 0 unspecified atom stereocenters. The minimum Gasteiger partial charge on any atom is -0.259 e. The SMILES string of the molecule is O=C(Br)n1nc(C(Br)(Br)Br)c2ccccc21. The molecule has 0 radical (unpaired) electrons. The van der Waals surface area contributed by atoms with Gasteiger partial charge in [-0.1, -0.05) is 66.0 Å². The van der Waals surface area contributed by atoms with Crippen LogP contribution in [0, 0.1) is 0 Å². The summed E-state index contributed by atoms with van der Waals surface area (Å²) in [5.74, 6) is 0. The van der Waals surface area contributed by atoms with Gasteiger partial charge in [0.25, 0.3) is 0 Å². The summed E-state index contributed by atoms with van der Waals surface area (Å²) in [6.45, 7) is 0. The molecule has 16 heavy (non-hydrogen) atoms. The topological polar surface area (TPSA) is 34.9 Å². The zero-order valence-electron chi connectivity index (χ0n) is 7.62. The first-order valence-electron chi connectivity index (χ1n) is 4.16. The number of alkyl halides is 3. The Kier molecular flexibility index (Phi) is 3.59. The Balaban J connectivity index is 2.82. The predicted molar refractivity (Wildman–Crippen MR) is 77.9 cm³/mol. The van der Waals surface area contributed by atoms with Crippen molar-refractivity contribution in [2.75, 3.05) is 0 Å². The third-order valence-corrected chi connectivity index (χ3v) is 3.49. The summed E-state index contributed by atoms with van der Waals surface area (Å²) < 4.78 is 0.670. The van der Waals surface area contributed by atoms with E-state index in [0.29, 0.717) is 5.69 Å². The predicted octanol–water partition coefficient (Wildman–Crippen LogP) is 4.69. The fourth-order valence-electron chi connectivity index (χ4n) is 1.41. The first-order chi connectivity index (χ1) is 7.41. The van der Waals surface area contributed by atoms with Gasteiger partial charge in [0.1, 0.15) is 5.69 Å². The molecule has 1 aromatic heterocycles. The summed E-state index contributed by atoms with van der Waals surface area (Å²) in [5.41, 5.74) is 1.44. The molecule has 0 amide bonds. The van der Waals surface area contributed by atoms with E-state index in [-0.39, 0.29) is 4.82 Å². The monoisotopic (exact) mass is 472 g/mol. The van der Waals surface area contributed by atoms with Crippen molar-refractivity contribution in [3.8, 4) is 0 Å². The second-order valence-corrected chi connectivity index (χ2v) is 10.5. The molecule has 0 saturated carbocycles. The molecular weight excluding hydrogens is 472 g/mol. The Hall–Kier alpha value is 0.280. The Morgan fingerprint density at radius 1 is 1.25 bits per heavy atom. The number of para-hydroxylation sites is 1. The zero-order chi connectivity index (χ0) is 11.9. The maximum absolute atomic E-state index is 11.4. The summed E-state index contributed by atoms with van der Waals surface area (Å²) in [7, 11) is 0. The smallest absolute Gasteiger partial charge is 0.259 e. The Morgan fingerprint density at radius 3 is 2.44 bits per heavy atom. The van der Waals surface area contributed by atoms with Gasteiger partial charge in [0.05, 0.1) is 5.52 Å². The van der Waals surface area contributed by atoms with Crippen molar-refractivity contribution in [3.05, 3.63) is 30.0 Å². The molecule has 7 heteroatoms. The first-order valence-corrected chi connectivity index (χ1v) is 7.33. The van der Waals surface area contributed by atoms with E-state index in [4.69, 9.17) is 0 Å². The van der Waals surface area contributed by atoms with Crippen molar-refractivity contribution in [1.82, 2.24) is 9.78 Å². The van der Waals surface area contributed by atoms with Crippen LogP contribution in [0.2, 0.25) is 0 Å². The molecule has 2 aromatic rings. The standard InChI is InChI=1S/C9H4Br4N2O/c10-8(16)15-6-4-2-1-3-5(6)7(14-15)9(11,12)13/h1-4H. The van der Waals surface area contributed by atoms with Crippen molar-refractivity contribution in [2.24, 2.45) is 0 Å². The van der Waals surface area contributed by atoms with Crippen LogP contribution in [0.25, 0.3) is 10.9 Å². The van der Waals surface area contributed by atoms with Gasteiger partial charge in [-0.15, -0.1) is 0 Å². The summed E-state index contributed by atoms with van der Waals surface area (Å²) in [6, 6.07) is 7.50. The summed E-state index contributed by atoms with van der Waals surface area (Å²) in [4.78, 5) is 11.1. The van der Waals surface area contributed by atoms with Crippen LogP contribution in [0.4, 0.5) is 4.79 Å². The molecule has 0 spiro atoms. The summed E-state index contributed by atoms with van der Waals surface area (Å²) in [5, 5.41) is 5.13. The maximum atomic E-state index is 11.4. The van der Waals surface area contributed by atoms with Crippen LogP contribution in [0.1, 0.15) is 5.69 Å². The molecule has 3 nitrogen and oxygen atoms in total. The van der Waals surface area contributed by atoms with E-state index in [1.54, 1.807) is 0 Å². The Bertz CT molecular complexity index is 558. The third-order valence-electron chi connectivity index (χ3n) is 2.02. The van der Waals surface area contributed by atoms with Crippen molar-refractivity contribution >= 4 is 79.4 Å². The van der Waals surface area contributed by atoms with E-state index in [2.05, 4.69) is 68.8 Å². The molecular formula is C9H4Br4N2O. The second kappa shape index (κ2) is 4.51. The molecule has 0 aliphatic heterocycles. The molecule has 2 rings (SSSR count). The highest BCUT2D eigenvalue weighted by molar-refractivity contribution is 9.38. The zero-order valence-corrected chi connectivity index (χ0v) is 14.0. The molecule has 0 N–H and O–H groups in total. The summed E-state index contributed by atoms with van der Waals surface area (Å²) in [6.07, 6.45) is 0. The number of rotatable bonds is 0. The van der Waals surface area contributed by atoms with Crippen LogP contribution in [0.5, 0.6) is 0 Å². The molecule has 1 aromatic carbocycles. The van der Waals surface area contributed by atoms with E-state index >= 15 is 0 Å². The van der Waals surface area contributed by atoms with Gasteiger partial charge in [-0.3, -0.25) is 4.79 Å². The molecule has 0 aliphatic carbocycles. The quantitative estimate of drug-likeness (QED) is 0.409. The van der Waals surface area contributed by atoms with Gasteiger partial charge in [-0.25, -0.2) is 0 Å². The normalized spacial score (nSPS) is 12.0. The van der Waals surface area contributed by atoms with Gasteiger partial charge in [0, 0.05) is 21.3 Å². The lowest BCUT2D eigenvalue weighted by atomic mass is 10.2. The Labute approximate surface area is 125 Å². The molecule has 0 atom stereocenters. The fourth-order valence-corrected chi connectivity index (χ4v) is 2.56. The van der Waals surface area contributed by atoms with E-state index in [0.717, 1.165) is 10.9 Å². The van der Waals surface area contributed by atoms with Crippen LogP contribution in [0.15, 0.2) is 24.3 Å². The van der Waals surface area contributed by atoms with Gasteiger partial charge >= 0.3 is 4.82 Å². The molecule has 0 aliphatic rings.